The van der Waals surface area contributed by atoms with E-state index in [-0.39, 0.29) is 12.5 Å². The highest BCUT2D eigenvalue weighted by Crippen LogP contribution is 2.25. The Labute approximate surface area is 155 Å². The number of ether oxygens (including phenoxy) is 2. The van der Waals surface area contributed by atoms with Crippen LogP contribution < -0.4 is 14.9 Å². The summed E-state index contributed by atoms with van der Waals surface area (Å²) in [5, 5.41) is 3.92. The molecule has 0 aliphatic heterocycles. The molecule has 24 heavy (non-hydrogen) atoms. The Balaban J connectivity index is 1.86. The smallest absolute Gasteiger partial charge is 0.277 e. The predicted molar refractivity (Wildman–Crippen MR) is 103 cm³/mol. The summed E-state index contributed by atoms with van der Waals surface area (Å²) in [5.74, 6) is 1.20. The maximum Gasteiger partial charge on any atom is 0.277 e. The second kappa shape index (κ2) is 8.68. The number of hydrazone groups is 1. The Morgan fingerprint density at radius 1 is 1.21 bits per heavy atom. The molecule has 126 valence electrons. The van der Waals surface area contributed by atoms with E-state index in [1.807, 2.05) is 50.2 Å². The van der Waals surface area contributed by atoms with Crippen molar-refractivity contribution >= 4 is 34.7 Å². The van der Waals surface area contributed by atoms with Gasteiger partial charge in [-0.1, -0.05) is 0 Å². The lowest BCUT2D eigenvalue weighted by Gasteiger charge is -2.11. The lowest BCUT2D eigenvalue weighted by molar-refractivity contribution is -0.123. The van der Waals surface area contributed by atoms with Gasteiger partial charge in [0.2, 0.25) is 0 Å². The average Bonchev–Trinajstić information content (AvgIpc) is 2.54. The number of benzene rings is 2. The fourth-order valence-electron chi connectivity index (χ4n) is 2.16. The van der Waals surface area contributed by atoms with Gasteiger partial charge >= 0.3 is 0 Å². The summed E-state index contributed by atoms with van der Waals surface area (Å²) in [7, 11) is 1.61. The number of methoxy groups -OCH3 is 1. The number of halogens is 1. The van der Waals surface area contributed by atoms with Crippen LogP contribution in [0.25, 0.3) is 0 Å². The lowest BCUT2D eigenvalue weighted by atomic mass is 10.1. The summed E-state index contributed by atoms with van der Waals surface area (Å²) < 4.78 is 11.8. The number of carbonyl (C=O) groups excluding carboxylic acids is 1. The molecular formula is C18H19IN2O3. The van der Waals surface area contributed by atoms with Crippen molar-refractivity contribution in [2.24, 2.45) is 5.10 Å². The van der Waals surface area contributed by atoms with Crippen LogP contribution >= 0.6 is 22.6 Å². The Kier molecular flexibility index (Phi) is 6.60. The topological polar surface area (TPSA) is 59.9 Å². The Morgan fingerprint density at radius 2 is 1.83 bits per heavy atom. The summed E-state index contributed by atoms with van der Waals surface area (Å²) in [4.78, 5) is 11.8. The van der Waals surface area contributed by atoms with Crippen LogP contribution in [0.2, 0.25) is 0 Å². The van der Waals surface area contributed by atoms with E-state index in [0.29, 0.717) is 0 Å². The molecule has 1 amide bonds. The van der Waals surface area contributed by atoms with Crippen molar-refractivity contribution in [2.75, 3.05) is 13.7 Å². The van der Waals surface area contributed by atoms with E-state index in [2.05, 4.69) is 33.1 Å². The third kappa shape index (κ3) is 5.23. The number of rotatable bonds is 6. The number of carbonyl (C=O) groups is 1. The molecule has 0 atom stereocenters. The number of amides is 1. The maximum atomic E-state index is 11.8. The number of nitrogens with zero attached hydrogens (tertiary/aromatic N) is 1. The molecule has 5 nitrogen and oxygen atoms in total. The van der Waals surface area contributed by atoms with Crippen molar-refractivity contribution in [2.45, 2.75) is 13.8 Å². The van der Waals surface area contributed by atoms with E-state index in [0.717, 1.165) is 31.8 Å². The van der Waals surface area contributed by atoms with Gasteiger partial charge in [0.25, 0.3) is 5.91 Å². The Hall–Kier alpha value is -2.09. The molecule has 2 aromatic carbocycles. The van der Waals surface area contributed by atoms with Gasteiger partial charge < -0.3 is 9.47 Å². The van der Waals surface area contributed by atoms with E-state index in [1.54, 1.807) is 13.3 Å². The lowest BCUT2D eigenvalue weighted by Crippen LogP contribution is -2.25. The van der Waals surface area contributed by atoms with Crippen molar-refractivity contribution in [3.8, 4) is 11.5 Å². The predicted octanol–water partition coefficient (Wildman–Crippen LogP) is 3.45. The monoisotopic (exact) mass is 438 g/mol. The highest BCUT2D eigenvalue weighted by atomic mass is 127. The number of hydrogen-bond acceptors (Lipinski definition) is 4. The normalized spacial score (nSPS) is 10.7. The van der Waals surface area contributed by atoms with E-state index in [9.17, 15) is 4.79 Å². The molecule has 2 aromatic rings. The van der Waals surface area contributed by atoms with Crippen LogP contribution in [0.4, 0.5) is 0 Å². The van der Waals surface area contributed by atoms with Crippen LogP contribution in [0.5, 0.6) is 11.5 Å². The molecule has 0 spiro atoms. The molecule has 6 heteroatoms. The van der Waals surface area contributed by atoms with Crippen molar-refractivity contribution in [3.63, 3.8) is 0 Å². The minimum absolute atomic E-state index is 0.0811. The van der Waals surface area contributed by atoms with Gasteiger partial charge in [-0.2, -0.15) is 5.10 Å². The SMILES string of the molecule is COc1ccc(/C=N/NC(=O)COc2c(C)cc(I)cc2C)cc1. The summed E-state index contributed by atoms with van der Waals surface area (Å²) >= 11 is 2.26. The fraction of sp³-hybridized carbons (Fsp3) is 0.222. The highest BCUT2D eigenvalue weighted by molar-refractivity contribution is 14.1. The second-order valence-electron chi connectivity index (χ2n) is 5.22. The standard InChI is InChI=1S/C18H19IN2O3/c1-12-8-15(19)9-13(2)18(12)24-11-17(22)21-20-10-14-4-6-16(23-3)7-5-14/h4-10H,11H2,1-3H3,(H,21,22)/b20-10+. The van der Waals surface area contributed by atoms with Crippen molar-refractivity contribution in [1.82, 2.24) is 5.43 Å². The molecular weight excluding hydrogens is 419 g/mol. The number of nitrogens with one attached hydrogen (secondary N) is 1. The molecule has 0 fully saturated rings. The minimum Gasteiger partial charge on any atom is -0.497 e. The van der Waals surface area contributed by atoms with Crippen molar-refractivity contribution in [3.05, 3.63) is 56.7 Å². The number of aryl methyl sites for hydroxylation is 2. The minimum atomic E-state index is -0.308. The first-order chi connectivity index (χ1) is 11.5. The zero-order chi connectivity index (χ0) is 17.5. The molecule has 1 N–H and O–H groups in total. The Morgan fingerprint density at radius 3 is 2.42 bits per heavy atom. The molecule has 0 saturated heterocycles. The average molecular weight is 438 g/mol. The van der Waals surface area contributed by atoms with Gasteiger partial charge in [0.05, 0.1) is 13.3 Å². The van der Waals surface area contributed by atoms with Crippen LogP contribution in [0.1, 0.15) is 16.7 Å². The first kappa shape index (κ1) is 18.3. The molecule has 0 radical (unpaired) electrons. The molecule has 0 unspecified atom stereocenters. The first-order valence-electron chi connectivity index (χ1n) is 7.35. The van der Waals surface area contributed by atoms with Crippen molar-refractivity contribution < 1.29 is 14.3 Å². The van der Waals surface area contributed by atoms with E-state index >= 15 is 0 Å². The molecule has 2 rings (SSSR count). The van der Waals surface area contributed by atoms with Crippen LogP contribution in [-0.4, -0.2) is 25.8 Å². The van der Waals surface area contributed by atoms with Gasteiger partial charge in [0.1, 0.15) is 11.5 Å². The van der Waals surface area contributed by atoms with Crippen LogP contribution in [0, 0.1) is 17.4 Å². The van der Waals surface area contributed by atoms with E-state index < -0.39 is 0 Å². The molecule has 0 saturated carbocycles. The van der Waals surface area contributed by atoms with E-state index in [1.165, 1.54) is 0 Å². The van der Waals surface area contributed by atoms with Crippen LogP contribution in [-0.2, 0) is 4.79 Å². The molecule has 0 aromatic heterocycles. The number of hydrogen-bond donors (Lipinski definition) is 1. The van der Waals surface area contributed by atoms with Gasteiger partial charge in [-0.05, 0) is 89.5 Å². The van der Waals surface area contributed by atoms with Crippen LogP contribution in [0.3, 0.4) is 0 Å². The molecule has 0 aliphatic rings. The third-order valence-corrected chi connectivity index (χ3v) is 3.91. The molecule has 0 heterocycles. The largest absolute Gasteiger partial charge is 0.497 e. The van der Waals surface area contributed by atoms with Gasteiger partial charge in [0, 0.05) is 3.57 Å². The van der Waals surface area contributed by atoms with Gasteiger partial charge in [-0.3, -0.25) is 4.79 Å². The summed E-state index contributed by atoms with van der Waals surface area (Å²) in [6.07, 6.45) is 1.57. The summed E-state index contributed by atoms with van der Waals surface area (Å²) in [6, 6.07) is 11.4. The summed E-state index contributed by atoms with van der Waals surface area (Å²) in [5.41, 5.74) is 5.33. The fourth-order valence-corrected chi connectivity index (χ4v) is 3.10. The molecule has 0 aliphatic carbocycles. The van der Waals surface area contributed by atoms with Gasteiger partial charge in [0.15, 0.2) is 6.61 Å². The zero-order valence-corrected chi connectivity index (χ0v) is 16.0. The Bertz CT molecular complexity index is 719. The summed E-state index contributed by atoms with van der Waals surface area (Å²) in [6.45, 7) is 3.84. The van der Waals surface area contributed by atoms with Crippen molar-refractivity contribution in [1.29, 1.82) is 0 Å². The molecule has 0 bridgehead atoms. The maximum absolute atomic E-state index is 11.8. The van der Waals surface area contributed by atoms with Gasteiger partial charge in [-0.15, -0.1) is 0 Å². The second-order valence-corrected chi connectivity index (χ2v) is 6.47. The van der Waals surface area contributed by atoms with Crippen LogP contribution in [0.15, 0.2) is 41.5 Å². The quantitative estimate of drug-likeness (QED) is 0.427. The highest BCUT2D eigenvalue weighted by Gasteiger charge is 2.08. The first-order valence-corrected chi connectivity index (χ1v) is 8.43. The van der Waals surface area contributed by atoms with E-state index in [4.69, 9.17) is 9.47 Å². The zero-order valence-electron chi connectivity index (χ0n) is 13.8. The third-order valence-electron chi connectivity index (χ3n) is 3.29. The van der Waals surface area contributed by atoms with Gasteiger partial charge in [-0.25, -0.2) is 5.43 Å².